The number of aliphatic hydroxyl groups excluding tert-OH is 1. The molecule has 0 saturated carbocycles. The molecule has 1 saturated heterocycles. The number of aliphatic hydroxyl groups is 2. The minimum atomic E-state index is -4.42. The second-order valence-corrected chi connectivity index (χ2v) is 11.2. The number of aromatic nitrogens is 1. The maximum atomic E-state index is 13.0. The number of pyridine rings is 1. The number of ether oxygens (including phenoxy) is 2. The Morgan fingerprint density at radius 1 is 1.26 bits per heavy atom. The SMILES string of the molecule is CC#Cc1[nH]c(=O)c(C)cc1C1OC(CC(CC)(CC)OP(=O)(O)C(C)(O)CC)C(O)C1OC. The molecule has 4 N–H and O–H groups in total. The molecule has 0 amide bonds. The Morgan fingerprint density at radius 2 is 1.88 bits per heavy atom. The van der Waals surface area contributed by atoms with E-state index in [9.17, 15) is 24.5 Å². The van der Waals surface area contributed by atoms with Crippen molar-refractivity contribution in [3.05, 3.63) is 33.2 Å². The molecule has 1 fully saturated rings. The highest BCUT2D eigenvalue weighted by Crippen LogP contribution is 2.59. The van der Waals surface area contributed by atoms with Gasteiger partial charge in [-0.2, -0.15) is 0 Å². The van der Waals surface area contributed by atoms with Gasteiger partial charge in [-0.25, -0.2) is 0 Å². The van der Waals surface area contributed by atoms with E-state index >= 15 is 0 Å². The van der Waals surface area contributed by atoms with Gasteiger partial charge in [-0.15, -0.1) is 0 Å². The molecule has 6 atom stereocenters. The molecule has 0 radical (unpaired) electrons. The van der Waals surface area contributed by atoms with Crippen molar-refractivity contribution < 1.29 is 33.7 Å². The second kappa shape index (κ2) is 11.0. The smallest absolute Gasteiger partial charge is 0.359 e. The number of aryl methyl sites for hydroxylation is 1. The number of H-pyrrole nitrogens is 1. The Balaban J connectivity index is 2.44. The summed E-state index contributed by atoms with van der Waals surface area (Å²) in [6.45, 7) is 9.83. The largest absolute Gasteiger partial charge is 0.388 e. The van der Waals surface area contributed by atoms with Gasteiger partial charge in [0.15, 0.2) is 5.34 Å². The molecule has 10 heteroatoms. The summed E-state index contributed by atoms with van der Waals surface area (Å²) in [4.78, 5) is 25.5. The molecular weight excluding hydrogens is 461 g/mol. The lowest BCUT2D eigenvalue weighted by Crippen LogP contribution is -2.42. The molecule has 1 aliphatic rings. The first-order valence-corrected chi connectivity index (χ1v) is 13.2. The summed E-state index contributed by atoms with van der Waals surface area (Å²) in [6, 6.07) is 1.67. The van der Waals surface area contributed by atoms with Crippen LogP contribution in [-0.2, 0) is 18.6 Å². The van der Waals surface area contributed by atoms with Crippen LogP contribution in [0.25, 0.3) is 0 Å². The molecule has 192 valence electrons. The first-order valence-electron chi connectivity index (χ1n) is 11.6. The molecule has 0 bridgehead atoms. The molecule has 1 aliphatic heterocycles. The maximum Gasteiger partial charge on any atom is 0.359 e. The lowest BCUT2D eigenvalue weighted by Gasteiger charge is -2.39. The summed E-state index contributed by atoms with van der Waals surface area (Å²) >= 11 is 0. The van der Waals surface area contributed by atoms with Crippen LogP contribution in [0, 0.1) is 18.8 Å². The van der Waals surface area contributed by atoms with E-state index in [1.807, 2.05) is 13.8 Å². The highest BCUT2D eigenvalue weighted by Gasteiger charge is 2.52. The molecule has 2 heterocycles. The highest BCUT2D eigenvalue weighted by molar-refractivity contribution is 7.54. The monoisotopic (exact) mass is 499 g/mol. The normalized spacial score (nSPS) is 26.4. The third kappa shape index (κ3) is 5.66. The molecule has 2 rings (SSSR count). The molecule has 6 unspecified atom stereocenters. The zero-order chi connectivity index (χ0) is 25.9. The number of aromatic amines is 1. The molecule has 0 aromatic carbocycles. The van der Waals surface area contributed by atoms with E-state index in [-0.39, 0.29) is 18.4 Å². The summed E-state index contributed by atoms with van der Waals surface area (Å²) in [5, 5.41) is 19.6. The summed E-state index contributed by atoms with van der Waals surface area (Å²) in [5.74, 6) is 5.65. The van der Waals surface area contributed by atoms with Crippen molar-refractivity contribution in [2.75, 3.05) is 7.11 Å². The number of rotatable bonds is 10. The number of hydrogen-bond donors (Lipinski definition) is 4. The summed E-state index contributed by atoms with van der Waals surface area (Å²) in [7, 11) is -2.96. The molecular formula is C24H38NO8P. The van der Waals surface area contributed by atoms with Crippen LogP contribution in [0.1, 0.15) is 83.2 Å². The topological polar surface area (TPSA) is 138 Å². The van der Waals surface area contributed by atoms with Crippen molar-refractivity contribution in [1.29, 1.82) is 0 Å². The molecule has 0 spiro atoms. The van der Waals surface area contributed by atoms with E-state index in [0.717, 1.165) is 0 Å². The molecule has 9 nitrogen and oxygen atoms in total. The van der Waals surface area contributed by atoms with Crippen molar-refractivity contribution in [2.45, 2.75) is 103 Å². The average molecular weight is 500 g/mol. The van der Waals surface area contributed by atoms with Crippen molar-refractivity contribution >= 4 is 7.60 Å². The summed E-state index contributed by atoms with van der Waals surface area (Å²) in [5.41, 5.74) is 0.0360. The first kappa shape index (κ1) is 28.7. The van der Waals surface area contributed by atoms with Crippen LogP contribution in [0.3, 0.4) is 0 Å². The predicted molar refractivity (Wildman–Crippen MR) is 129 cm³/mol. The van der Waals surface area contributed by atoms with Crippen LogP contribution in [0.5, 0.6) is 0 Å². The Bertz CT molecular complexity index is 1020. The number of methoxy groups -OCH3 is 1. The van der Waals surface area contributed by atoms with Crippen LogP contribution >= 0.6 is 7.60 Å². The van der Waals surface area contributed by atoms with Gasteiger partial charge in [0, 0.05) is 24.7 Å². The lowest BCUT2D eigenvalue weighted by atomic mass is 9.88. The second-order valence-electron chi connectivity index (χ2n) is 9.05. The van der Waals surface area contributed by atoms with E-state index in [0.29, 0.717) is 29.7 Å². The van der Waals surface area contributed by atoms with Gasteiger partial charge in [-0.1, -0.05) is 26.7 Å². The van der Waals surface area contributed by atoms with Gasteiger partial charge in [0.1, 0.15) is 18.3 Å². The van der Waals surface area contributed by atoms with Crippen molar-refractivity contribution in [1.82, 2.24) is 4.98 Å². The number of nitrogens with one attached hydrogen (secondary N) is 1. The fourth-order valence-corrected chi connectivity index (χ4v) is 5.61. The Kier molecular flexibility index (Phi) is 9.34. The van der Waals surface area contributed by atoms with E-state index in [4.69, 9.17) is 14.0 Å². The van der Waals surface area contributed by atoms with Crippen LogP contribution in [0.4, 0.5) is 0 Å². The van der Waals surface area contributed by atoms with Gasteiger partial charge in [0.25, 0.3) is 5.56 Å². The van der Waals surface area contributed by atoms with Crippen LogP contribution in [-0.4, -0.2) is 56.5 Å². The van der Waals surface area contributed by atoms with Gasteiger partial charge < -0.3 is 29.6 Å². The molecule has 0 aliphatic carbocycles. The Morgan fingerprint density at radius 3 is 2.38 bits per heavy atom. The van der Waals surface area contributed by atoms with Gasteiger partial charge >= 0.3 is 7.60 Å². The van der Waals surface area contributed by atoms with Gasteiger partial charge in [0.05, 0.1) is 17.4 Å². The third-order valence-corrected chi connectivity index (χ3v) is 9.05. The van der Waals surface area contributed by atoms with E-state index in [1.165, 1.54) is 14.0 Å². The fraction of sp³-hybridized carbons (Fsp3) is 0.708. The number of hydrogen-bond acceptors (Lipinski definition) is 7. The predicted octanol–water partition coefficient (Wildman–Crippen LogP) is 3.14. The van der Waals surface area contributed by atoms with Gasteiger partial charge in [-0.05, 0) is 52.0 Å². The highest BCUT2D eigenvalue weighted by atomic mass is 31.2. The maximum absolute atomic E-state index is 13.0. The summed E-state index contributed by atoms with van der Waals surface area (Å²) in [6.07, 6.45) is -2.53. The minimum absolute atomic E-state index is 0.0352. The first-order chi connectivity index (χ1) is 15.8. The van der Waals surface area contributed by atoms with Crippen LogP contribution < -0.4 is 5.56 Å². The van der Waals surface area contributed by atoms with Gasteiger partial charge in [-0.3, -0.25) is 13.9 Å². The van der Waals surface area contributed by atoms with Gasteiger partial charge in [0.2, 0.25) is 0 Å². The van der Waals surface area contributed by atoms with E-state index in [1.54, 1.807) is 26.8 Å². The quantitative estimate of drug-likeness (QED) is 0.285. The van der Waals surface area contributed by atoms with Crippen molar-refractivity contribution in [3.8, 4) is 11.8 Å². The summed E-state index contributed by atoms with van der Waals surface area (Å²) < 4.78 is 30.5. The minimum Gasteiger partial charge on any atom is -0.388 e. The molecule has 34 heavy (non-hydrogen) atoms. The Labute approximate surface area is 201 Å². The van der Waals surface area contributed by atoms with Crippen molar-refractivity contribution in [3.63, 3.8) is 0 Å². The van der Waals surface area contributed by atoms with Crippen LogP contribution in [0.2, 0.25) is 0 Å². The van der Waals surface area contributed by atoms with E-state index in [2.05, 4.69) is 16.8 Å². The lowest BCUT2D eigenvalue weighted by molar-refractivity contribution is -0.0618. The van der Waals surface area contributed by atoms with Crippen LogP contribution in [0.15, 0.2) is 10.9 Å². The zero-order valence-corrected chi connectivity index (χ0v) is 21.9. The zero-order valence-electron chi connectivity index (χ0n) is 21.0. The standard InChI is InChI=1S/C24H38NO8P/c1-8-12-17-16(13-15(5)22(27)25-17)20-21(31-7)19(26)18(32-20)14-24(10-3,11-4)33-34(29,30)23(6,28)9-2/h13,18-21,26,28H,9-11,14H2,1-7H3,(H,25,27)(H,29,30). The Hall–Kier alpha value is -1.50. The van der Waals surface area contributed by atoms with Crippen molar-refractivity contribution in [2.24, 2.45) is 0 Å². The average Bonchev–Trinajstić information content (AvgIpc) is 3.09. The van der Waals surface area contributed by atoms with E-state index < -0.39 is 43.0 Å². The molecule has 1 aromatic heterocycles. The third-order valence-electron chi connectivity index (χ3n) is 6.88. The molecule has 1 aromatic rings. The fourth-order valence-electron chi connectivity index (χ4n) is 4.16.